The van der Waals surface area contributed by atoms with Gasteiger partial charge in [-0.25, -0.2) is 4.79 Å². The van der Waals surface area contributed by atoms with Crippen LogP contribution in [0.1, 0.15) is 21.5 Å². The summed E-state index contributed by atoms with van der Waals surface area (Å²) in [7, 11) is 2.94. The Morgan fingerprint density at radius 3 is 2.30 bits per heavy atom. The van der Waals surface area contributed by atoms with Crippen molar-refractivity contribution in [2.75, 3.05) is 24.9 Å². The molecule has 0 unspecified atom stereocenters. The lowest BCUT2D eigenvalue weighted by Gasteiger charge is -2.15. The van der Waals surface area contributed by atoms with Crippen LogP contribution in [0.15, 0.2) is 72.8 Å². The Labute approximate surface area is 174 Å². The third-order valence-electron chi connectivity index (χ3n) is 4.86. The van der Waals surface area contributed by atoms with E-state index < -0.39 is 5.97 Å². The van der Waals surface area contributed by atoms with Crippen LogP contribution in [0.3, 0.4) is 0 Å². The van der Waals surface area contributed by atoms with Gasteiger partial charge in [0, 0.05) is 11.3 Å². The first-order valence-electron chi connectivity index (χ1n) is 9.35. The van der Waals surface area contributed by atoms with E-state index in [9.17, 15) is 9.59 Å². The minimum atomic E-state index is -0.455. The highest BCUT2D eigenvalue weighted by atomic mass is 16.5. The van der Waals surface area contributed by atoms with Gasteiger partial charge in [0.2, 0.25) is 0 Å². The van der Waals surface area contributed by atoms with Crippen LogP contribution in [-0.2, 0) is 9.53 Å². The Bertz CT molecular complexity index is 1140. The summed E-state index contributed by atoms with van der Waals surface area (Å²) in [5.41, 5.74) is 4.52. The number of anilines is 2. The van der Waals surface area contributed by atoms with E-state index in [0.717, 1.165) is 17.0 Å². The number of rotatable bonds is 5. The van der Waals surface area contributed by atoms with Crippen molar-refractivity contribution in [1.82, 2.24) is 0 Å². The maximum atomic E-state index is 12.9. The van der Waals surface area contributed by atoms with Crippen LogP contribution in [0, 0.1) is 0 Å². The molecular formula is C24H20N2O4. The van der Waals surface area contributed by atoms with E-state index in [1.54, 1.807) is 25.3 Å². The molecule has 0 aliphatic carbocycles. The molecule has 0 radical (unpaired) electrons. The van der Waals surface area contributed by atoms with Gasteiger partial charge in [-0.05, 0) is 42.0 Å². The second-order valence-corrected chi connectivity index (χ2v) is 6.68. The van der Waals surface area contributed by atoms with Gasteiger partial charge in [0.1, 0.15) is 5.75 Å². The number of nitrogens with one attached hydrogen (secondary N) is 2. The van der Waals surface area contributed by atoms with E-state index in [0.29, 0.717) is 28.1 Å². The Kier molecular flexibility index (Phi) is 5.22. The molecule has 1 amide bonds. The van der Waals surface area contributed by atoms with Crippen molar-refractivity contribution >= 4 is 34.5 Å². The minimum Gasteiger partial charge on any atom is -0.497 e. The molecule has 150 valence electrons. The number of fused-ring (bicyclic) bond motifs is 1. The van der Waals surface area contributed by atoms with Crippen molar-refractivity contribution in [3.8, 4) is 5.75 Å². The van der Waals surface area contributed by atoms with Crippen molar-refractivity contribution in [3.63, 3.8) is 0 Å². The minimum absolute atomic E-state index is 0.244. The summed E-state index contributed by atoms with van der Waals surface area (Å²) in [5, 5.41) is 6.24. The number of hydrogen-bond donors (Lipinski definition) is 2. The number of ether oxygens (including phenoxy) is 2. The summed E-state index contributed by atoms with van der Waals surface area (Å²) < 4.78 is 10.00. The first kappa shape index (κ1) is 19.3. The lowest BCUT2D eigenvalue weighted by molar-refractivity contribution is -0.110. The van der Waals surface area contributed by atoms with Crippen LogP contribution < -0.4 is 15.4 Å². The summed E-state index contributed by atoms with van der Waals surface area (Å²) >= 11 is 0. The fourth-order valence-electron chi connectivity index (χ4n) is 3.37. The standard InChI is InChI=1S/C24H20N2O4/c1-29-18-11-9-17(10-12-18)25-22(15-6-4-3-5-7-15)21-19-13-8-16(24(28)30-2)14-20(19)26-23(21)27/h3-14,25H,1-2H3,(H,26,27). The van der Waals surface area contributed by atoms with Gasteiger partial charge >= 0.3 is 5.97 Å². The molecule has 3 aromatic rings. The zero-order valence-electron chi connectivity index (χ0n) is 16.6. The molecule has 0 saturated carbocycles. The van der Waals surface area contributed by atoms with Crippen LogP contribution in [0.5, 0.6) is 5.75 Å². The zero-order valence-corrected chi connectivity index (χ0v) is 16.6. The summed E-state index contributed by atoms with van der Waals surface area (Å²) in [6, 6.07) is 22.1. The molecule has 6 nitrogen and oxygen atoms in total. The molecule has 4 rings (SSSR count). The second kappa shape index (κ2) is 8.13. The fourth-order valence-corrected chi connectivity index (χ4v) is 3.37. The predicted molar refractivity (Wildman–Crippen MR) is 116 cm³/mol. The molecule has 3 aromatic carbocycles. The molecule has 0 aromatic heterocycles. The molecular weight excluding hydrogens is 380 g/mol. The zero-order chi connectivity index (χ0) is 21.1. The topological polar surface area (TPSA) is 76.7 Å². The number of benzene rings is 3. The van der Waals surface area contributed by atoms with Gasteiger partial charge in [0.25, 0.3) is 5.91 Å². The number of esters is 1. The summed E-state index contributed by atoms with van der Waals surface area (Å²) in [4.78, 5) is 24.8. The fraction of sp³-hybridized carbons (Fsp3) is 0.0833. The van der Waals surface area contributed by atoms with Gasteiger partial charge in [-0.1, -0.05) is 36.4 Å². The Morgan fingerprint density at radius 2 is 1.63 bits per heavy atom. The van der Waals surface area contributed by atoms with E-state index in [1.807, 2.05) is 54.6 Å². The van der Waals surface area contributed by atoms with Crippen molar-refractivity contribution in [3.05, 3.63) is 89.5 Å². The molecule has 1 aliphatic heterocycles. The molecule has 2 N–H and O–H groups in total. The Balaban J connectivity index is 1.84. The number of methoxy groups -OCH3 is 2. The first-order chi connectivity index (χ1) is 14.6. The number of carbonyl (C=O) groups excluding carboxylic acids is 2. The SMILES string of the molecule is COC(=O)c1ccc2c(c1)NC(=O)C2=C(Nc1ccc(OC)cc1)c1ccccc1. The normalized spacial score (nSPS) is 13.9. The highest BCUT2D eigenvalue weighted by Gasteiger charge is 2.29. The van der Waals surface area contributed by atoms with E-state index in [4.69, 9.17) is 9.47 Å². The van der Waals surface area contributed by atoms with Crippen LogP contribution >= 0.6 is 0 Å². The van der Waals surface area contributed by atoms with E-state index >= 15 is 0 Å². The molecule has 1 heterocycles. The van der Waals surface area contributed by atoms with Crippen LogP contribution in [0.2, 0.25) is 0 Å². The Hall–Kier alpha value is -4.06. The van der Waals surface area contributed by atoms with Gasteiger partial charge in [-0.2, -0.15) is 0 Å². The lowest BCUT2D eigenvalue weighted by Crippen LogP contribution is -2.10. The molecule has 0 fully saturated rings. The maximum Gasteiger partial charge on any atom is 0.337 e. The summed E-state index contributed by atoms with van der Waals surface area (Å²) in [6.07, 6.45) is 0. The van der Waals surface area contributed by atoms with E-state index in [1.165, 1.54) is 7.11 Å². The van der Waals surface area contributed by atoms with Gasteiger partial charge in [0.15, 0.2) is 0 Å². The quantitative estimate of drug-likeness (QED) is 0.490. The highest BCUT2D eigenvalue weighted by molar-refractivity contribution is 6.37. The second-order valence-electron chi connectivity index (χ2n) is 6.68. The number of amides is 1. The lowest BCUT2D eigenvalue weighted by atomic mass is 9.99. The largest absolute Gasteiger partial charge is 0.497 e. The molecule has 0 bridgehead atoms. The smallest absolute Gasteiger partial charge is 0.337 e. The van der Waals surface area contributed by atoms with Crippen LogP contribution in [-0.4, -0.2) is 26.1 Å². The predicted octanol–water partition coefficient (Wildman–Crippen LogP) is 4.41. The molecule has 6 heteroatoms. The summed E-state index contributed by atoms with van der Waals surface area (Å²) in [6.45, 7) is 0. The van der Waals surface area contributed by atoms with Gasteiger partial charge in [0.05, 0.1) is 36.7 Å². The van der Waals surface area contributed by atoms with Crippen LogP contribution in [0.25, 0.3) is 11.3 Å². The maximum absolute atomic E-state index is 12.9. The van der Waals surface area contributed by atoms with Crippen molar-refractivity contribution < 1.29 is 19.1 Å². The molecule has 0 atom stereocenters. The van der Waals surface area contributed by atoms with Crippen molar-refractivity contribution in [1.29, 1.82) is 0 Å². The van der Waals surface area contributed by atoms with Gasteiger partial charge in [-0.15, -0.1) is 0 Å². The first-order valence-corrected chi connectivity index (χ1v) is 9.35. The van der Waals surface area contributed by atoms with Gasteiger partial charge < -0.3 is 20.1 Å². The monoisotopic (exact) mass is 400 g/mol. The third-order valence-corrected chi connectivity index (χ3v) is 4.86. The summed E-state index contributed by atoms with van der Waals surface area (Å²) in [5.74, 6) is 0.0461. The number of hydrogen-bond acceptors (Lipinski definition) is 5. The highest BCUT2D eigenvalue weighted by Crippen LogP contribution is 2.38. The average Bonchev–Trinajstić information content (AvgIpc) is 3.12. The van der Waals surface area contributed by atoms with Crippen LogP contribution in [0.4, 0.5) is 11.4 Å². The van der Waals surface area contributed by atoms with Gasteiger partial charge in [-0.3, -0.25) is 4.79 Å². The Morgan fingerprint density at radius 1 is 0.900 bits per heavy atom. The molecule has 1 aliphatic rings. The number of carbonyl (C=O) groups is 2. The van der Waals surface area contributed by atoms with E-state index in [2.05, 4.69) is 10.6 Å². The van der Waals surface area contributed by atoms with E-state index in [-0.39, 0.29) is 5.91 Å². The van der Waals surface area contributed by atoms with Crippen molar-refractivity contribution in [2.45, 2.75) is 0 Å². The van der Waals surface area contributed by atoms with Crippen molar-refractivity contribution in [2.24, 2.45) is 0 Å². The average molecular weight is 400 g/mol. The molecule has 0 spiro atoms. The molecule has 30 heavy (non-hydrogen) atoms. The third kappa shape index (κ3) is 3.63. The molecule has 0 saturated heterocycles.